The molecular formula is C22H20ClNO6S. The second kappa shape index (κ2) is 9.36. The quantitative estimate of drug-likeness (QED) is 0.487. The first kappa shape index (κ1) is 22.6. The number of benzene rings is 1. The summed E-state index contributed by atoms with van der Waals surface area (Å²) in [4.78, 5) is 37.4. The molecule has 0 saturated carbocycles. The summed E-state index contributed by atoms with van der Waals surface area (Å²) in [6.07, 6.45) is 0. The second-order valence-electron chi connectivity index (χ2n) is 6.55. The van der Waals surface area contributed by atoms with Gasteiger partial charge in [-0.15, -0.1) is 11.3 Å². The van der Waals surface area contributed by atoms with Gasteiger partial charge >= 0.3 is 11.9 Å². The number of carbonyl (C=O) groups is 3. The summed E-state index contributed by atoms with van der Waals surface area (Å²) in [6.45, 7) is 5.30. The molecule has 0 aliphatic rings. The molecule has 3 aromatic rings. The average Bonchev–Trinajstić information content (AvgIpc) is 3.35. The molecule has 1 amide bonds. The predicted octanol–water partition coefficient (Wildman–Crippen LogP) is 5.49. The summed E-state index contributed by atoms with van der Waals surface area (Å²) < 4.78 is 15.5. The van der Waals surface area contributed by atoms with E-state index in [0.29, 0.717) is 16.3 Å². The first-order valence-electron chi connectivity index (χ1n) is 9.33. The Morgan fingerprint density at radius 1 is 1.13 bits per heavy atom. The summed E-state index contributed by atoms with van der Waals surface area (Å²) in [5.74, 6) is -1.32. The highest BCUT2D eigenvalue weighted by Crippen LogP contribution is 2.35. The van der Waals surface area contributed by atoms with E-state index in [9.17, 15) is 14.4 Å². The van der Waals surface area contributed by atoms with Crippen LogP contribution >= 0.6 is 22.9 Å². The Labute approximate surface area is 187 Å². The van der Waals surface area contributed by atoms with E-state index in [1.807, 2.05) is 19.1 Å². The molecule has 2 heterocycles. The lowest BCUT2D eigenvalue weighted by Gasteiger charge is -2.06. The number of aryl methyl sites for hydroxylation is 1. The number of amides is 1. The first-order chi connectivity index (χ1) is 14.8. The van der Waals surface area contributed by atoms with Gasteiger partial charge in [0.05, 0.1) is 19.3 Å². The van der Waals surface area contributed by atoms with Gasteiger partial charge in [0.15, 0.2) is 5.76 Å². The van der Waals surface area contributed by atoms with E-state index in [1.54, 1.807) is 26.0 Å². The van der Waals surface area contributed by atoms with Gasteiger partial charge in [-0.2, -0.15) is 0 Å². The molecule has 3 rings (SSSR count). The Balaban J connectivity index is 1.91. The lowest BCUT2D eigenvalue weighted by atomic mass is 10.1. The van der Waals surface area contributed by atoms with Crippen molar-refractivity contribution in [1.29, 1.82) is 0 Å². The average molecular weight is 462 g/mol. The molecule has 0 atom stereocenters. The topological polar surface area (TPSA) is 94.8 Å². The molecule has 31 heavy (non-hydrogen) atoms. The summed E-state index contributed by atoms with van der Waals surface area (Å²) in [6, 6.07) is 8.62. The Morgan fingerprint density at radius 2 is 1.87 bits per heavy atom. The van der Waals surface area contributed by atoms with E-state index in [2.05, 4.69) is 5.32 Å². The number of halogens is 1. The largest absolute Gasteiger partial charge is 0.465 e. The number of hydrogen-bond acceptors (Lipinski definition) is 7. The first-order valence-corrected chi connectivity index (χ1v) is 10.5. The van der Waals surface area contributed by atoms with Crippen molar-refractivity contribution in [2.24, 2.45) is 0 Å². The van der Waals surface area contributed by atoms with Crippen LogP contribution in [0, 0.1) is 13.8 Å². The highest BCUT2D eigenvalue weighted by atomic mass is 35.5. The maximum absolute atomic E-state index is 12.8. The number of hydrogen-bond donors (Lipinski definition) is 1. The van der Waals surface area contributed by atoms with E-state index in [0.717, 1.165) is 22.5 Å². The highest BCUT2D eigenvalue weighted by molar-refractivity contribution is 7.18. The predicted molar refractivity (Wildman–Crippen MR) is 118 cm³/mol. The number of methoxy groups -OCH3 is 1. The molecule has 9 heteroatoms. The van der Waals surface area contributed by atoms with Gasteiger partial charge in [0.1, 0.15) is 15.6 Å². The molecule has 0 fully saturated rings. The van der Waals surface area contributed by atoms with Crippen LogP contribution in [0.5, 0.6) is 0 Å². The minimum atomic E-state index is -0.642. The standard InChI is InChI=1S/C22H20ClNO6S/c1-5-29-21(26)17-12(3)18(22(27)28-4)31-20(17)24-19(25)16-9-8-15(30-16)13-7-6-11(2)14(23)10-13/h6-10H,5H2,1-4H3,(H,24,25). The van der Waals surface area contributed by atoms with Crippen molar-refractivity contribution in [1.82, 2.24) is 0 Å². The van der Waals surface area contributed by atoms with Crippen LogP contribution in [0.15, 0.2) is 34.7 Å². The summed E-state index contributed by atoms with van der Waals surface area (Å²) in [7, 11) is 1.24. The zero-order valence-electron chi connectivity index (χ0n) is 17.3. The van der Waals surface area contributed by atoms with Crippen LogP contribution in [0.25, 0.3) is 11.3 Å². The van der Waals surface area contributed by atoms with E-state index in [1.165, 1.54) is 13.2 Å². The van der Waals surface area contributed by atoms with Crippen molar-refractivity contribution in [3.63, 3.8) is 0 Å². The molecule has 0 saturated heterocycles. The molecule has 2 aromatic heterocycles. The van der Waals surface area contributed by atoms with Crippen LogP contribution in [0.1, 0.15) is 48.6 Å². The van der Waals surface area contributed by atoms with Crippen molar-refractivity contribution in [2.75, 3.05) is 19.0 Å². The molecule has 0 bridgehead atoms. The third kappa shape index (κ3) is 4.65. The Kier molecular flexibility index (Phi) is 6.82. The van der Waals surface area contributed by atoms with Crippen molar-refractivity contribution in [3.8, 4) is 11.3 Å². The Bertz CT molecular complexity index is 1160. The fraction of sp³-hybridized carbons (Fsp3) is 0.227. The van der Waals surface area contributed by atoms with Gasteiger partial charge in [-0.05, 0) is 50.1 Å². The summed E-state index contributed by atoms with van der Waals surface area (Å²) >= 11 is 7.10. The van der Waals surface area contributed by atoms with Gasteiger partial charge in [-0.3, -0.25) is 4.79 Å². The number of furan rings is 1. The van der Waals surface area contributed by atoms with Crippen LogP contribution in [-0.4, -0.2) is 31.6 Å². The molecule has 0 radical (unpaired) electrons. The van der Waals surface area contributed by atoms with Crippen LogP contribution < -0.4 is 5.32 Å². The number of thiophene rings is 1. The third-order valence-corrected chi connectivity index (χ3v) is 6.10. The van der Waals surface area contributed by atoms with Crippen molar-refractivity contribution >= 4 is 45.8 Å². The maximum Gasteiger partial charge on any atom is 0.348 e. The molecule has 0 spiro atoms. The zero-order valence-corrected chi connectivity index (χ0v) is 18.9. The minimum absolute atomic E-state index is 0.0344. The molecular weight excluding hydrogens is 442 g/mol. The number of anilines is 1. The summed E-state index contributed by atoms with van der Waals surface area (Å²) in [5, 5.41) is 3.41. The van der Waals surface area contributed by atoms with Crippen LogP contribution in [0.2, 0.25) is 5.02 Å². The Hall–Kier alpha value is -3.10. The fourth-order valence-corrected chi connectivity index (χ4v) is 4.15. The van der Waals surface area contributed by atoms with Gasteiger partial charge in [-0.1, -0.05) is 23.7 Å². The van der Waals surface area contributed by atoms with Crippen LogP contribution in [0.4, 0.5) is 5.00 Å². The van der Waals surface area contributed by atoms with Crippen molar-refractivity contribution in [3.05, 3.63) is 62.7 Å². The SMILES string of the molecule is CCOC(=O)c1c(NC(=O)c2ccc(-c3ccc(C)c(Cl)c3)o2)sc(C(=O)OC)c1C. The second-order valence-corrected chi connectivity index (χ2v) is 7.98. The molecule has 1 aromatic carbocycles. The summed E-state index contributed by atoms with van der Waals surface area (Å²) in [5.41, 5.74) is 2.13. The van der Waals surface area contributed by atoms with E-state index in [-0.39, 0.29) is 27.8 Å². The number of esters is 2. The Morgan fingerprint density at radius 3 is 2.52 bits per heavy atom. The normalized spacial score (nSPS) is 10.6. The molecule has 0 unspecified atom stereocenters. The van der Waals surface area contributed by atoms with Gasteiger partial charge < -0.3 is 19.2 Å². The van der Waals surface area contributed by atoms with Gasteiger partial charge in [0.2, 0.25) is 0 Å². The smallest absolute Gasteiger partial charge is 0.348 e. The van der Waals surface area contributed by atoms with Gasteiger partial charge in [-0.25, -0.2) is 9.59 Å². The number of carbonyl (C=O) groups excluding carboxylic acids is 3. The van der Waals surface area contributed by atoms with Gasteiger partial charge in [0.25, 0.3) is 5.91 Å². The van der Waals surface area contributed by atoms with Gasteiger partial charge in [0, 0.05) is 10.6 Å². The number of rotatable bonds is 6. The number of ether oxygens (including phenoxy) is 2. The van der Waals surface area contributed by atoms with Crippen molar-refractivity contribution in [2.45, 2.75) is 20.8 Å². The number of nitrogens with one attached hydrogen (secondary N) is 1. The molecule has 1 N–H and O–H groups in total. The monoisotopic (exact) mass is 461 g/mol. The van der Waals surface area contributed by atoms with E-state index in [4.69, 9.17) is 25.5 Å². The zero-order chi connectivity index (χ0) is 22.7. The fourth-order valence-electron chi connectivity index (χ4n) is 2.86. The molecule has 0 aliphatic carbocycles. The highest BCUT2D eigenvalue weighted by Gasteiger charge is 2.27. The van der Waals surface area contributed by atoms with Crippen LogP contribution in [-0.2, 0) is 9.47 Å². The molecule has 162 valence electrons. The van der Waals surface area contributed by atoms with E-state index < -0.39 is 17.8 Å². The lowest BCUT2D eigenvalue weighted by molar-refractivity contribution is 0.0527. The van der Waals surface area contributed by atoms with Crippen molar-refractivity contribution < 1.29 is 28.3 Å². The lowest BCUT2D eigenvalue weighted by Crippen LogP contribution is -2.14. The molecule has 7 nitrogen and oxygen atoms in total. The molecule has 0 aliphatic heterocycles. The maximum atomic E-state index is 12.8. The minimum Gasteiger partial charge on any atom is -0.465 e. The van der Waals surface area contributed by atoms with E-state index >= 15 is 0 Å². The van der Waals surface area contributed by atoms with Crippen LogP contribution in [0.3, 0.4) is 0 Å². The third-order valence-electron chi connectivity index (χ3n) is 4.51.